The largest absolute Gasteiger partial charge is 0.462 e. The average Bonchev–Trinajstić information content (AvgIpc) is 2.30. The molecule has 0 amide bonds. The summed E-state index contributed by atoms with van der Waals surface area (Å²) in [6.07, 6.45) is 6.84. The van der Waals surface area contributed by atoms with Crippen molar-refractivity contribution in [2.24, 2.45) is 0 Å². The zero-order valence-corrected chi connectivity index (χ0v) is 9.36. The summed E-state index contributed by atoms with van der Waals surface area (Å²) in [5.41, 5.74) is 0.395. The molecule has 0 bridgehead atoms. The molecular weight excluding hydrogens is 204 g/mol. The molecule has 0 aliphatic carbocycles. The van der Waals surface area contributed by atoms with Crippen LogP contribution in [-0.4, -0.2) is 23.6 Å². The molecule has 0 saturated heterocycles. The maximum absolute atomic E-state index is 11.6. The molecule has 0 aliphatic rings. The third kappa shape index (κ3) is 2.99. The van der Waals surface area contributed by atoms with E-state index in [1.165, 1.54) is 0 Å². The molecule has 1 unspecified atom stereocenters. The predicted molar refractivity (Wildman–Crippen MR) is 62.1 cm³/mol. The first-order chi connectivity index (χ1) is 7.69. The van der Waals surface area contributed by atoms with E-state index in [1.54, 1.807) is 25.3 Å². The maximum Gasteiger partial charge on any atom is 0.341 e. The summed E-state index contributed by atoms with van der Waals surface area (Å²) in [6.45, 7) is 3.90. The van der Waals surface area contributed by atoms with Crippen molar-refractivity contribution in [1.82, 2.24) is 4.98 Å². The van der Waals surface area contributed by atoms with Crippen LogP contribution in [0.3, 0.4) is 0 Å². The second-order valence-corrected chi connectivity index (χ2v) is 3.15. The van der Waals surface area contributed by atoms with Crippen LogP contribution in [0.2, 0.25) is 0 Å². The van der Waals surface area contributed by atoms with Gasteiger partial charge in [-0.1, -0.05) is 5.92 Å². The number of nitrogens with zero attached hydrogens (tertiary/aromatic N) is 1. The van der Waals surface area contributed by atoms with Crippen molar-refractivity contribution in [2.45, 2.75) is 19.9 Å². The number of carbonyl (C=O) groups excluding carboxylic acids is 1. The molecule has 16 heavy (non-hydrogen) atoms. The molecule has 84 valence electrons. The fraction of sp³-hybridized carbons (Fsp3) is 0.333. The van der Waals surface area contributed by atoms with Gasteiger partial charge in [0.1, 0.15) is 11.4 Å². The second-order valence-electron chi connectivity index (χ2n) is 3.15. The van der Waals surface area contributed by atoms with Crippen LogP contribution >= 0.6 is 0 Å². The molecule has 0 radical (unpaired) electrons. The number of esters is 1. The first-order valence-electron chi connectivity index (χ1n) is 5.03. The van der Waals surface area contributed by atoms with E-state index in [2.05, 4.69) is 16.2 Å². The number of pyridine rings is 1. The minimum atomic E-state index is -0.401. The number of terminal acetylenes is 1. The van der Waals surface area contributed by atoms with E-state index in [-0.39, 0.29) is 6.04 Å². The van der Waals surface area contributed by atoms with Crippen molar-refractivity contribution in [3.63, 3.8) is 0 Å². The van der Waals surface area contributed by atoms with Gasteiger partial charge in [0.25, 0.3) is 0 Å². The molecule has 1 N–H and O–H groups in total. The van der Waals surface area contributed by atoms with E-state index >= 15 is 0 Å². The first kappa shape index (κ1) is 12.1. The van der Waals surface area contributed by atoms with Crippen LogP contribution in [0.15, 0.2) is 18.3 Å². The molecule has 0 saturated carbocycles. The zero-order valence-electron chi connectivity index (χ0n) is 9.36. The van der Waals surface area contributed by atoms with Gasteiger partial charge < -0.3 is 10.1 Å². The molecule has 0 spiro atoms. The molecule has 1 atom stereocenters. The van der Waals surface area contributed by atoms with E-state index in [9.17, 15) is 4.79 Å². The Bertz CT molecular complexity index is 410. The molecule has 0 aromatic carbocycles. The van der Waals surface area contributed by atoms with E-state index in [1.807, 2.05) is 6.92 Å². The van der Waals surface area contributed by atoms with Crippen molar-refractivity contribution in [3.05, 3.63) is 23.9 Å². The number of ether oxygens (including phenoxy) is 1. The summed E-state index contributed by atoms with van der Waals surface area (Å²) >= 11 is 0. The molecule has 4 heteroatoms. The lowest BCUT2D eigenvalue weighted by molar-refractivity contribution is 0.0527. The summed E-state index contributed by atoms with van der Waals surface area (Å²) in [7, 11) is 0. The van der Waals surface area contributed by atoms with Crippen LogP contribution in [0, 0.1) is 12.3 Å². The Balaban J connectivity index is 2.92. The summed E-state index contributed by atoms with van der Waals surface area (Å²) < 4.78 is 4.91. The Kier molecular flexibility index (Phi) is 4.34. The molecule has 1 rings (SSSR count). The van der Waals surface area contributed by atoms with Gasteiger partial charge in [0.05, 0.1) is 12.6 Å². The van der Waals surface area contributed by atoms with Gasteiger partial charge in [-0.2, -0.15) is 0 Å². The molecule has 1 heterocycles. The predicted octanol–water partition coefficient (Wildman–Crippen LogP) is 1.69. The van der Waals surface area contributed by atoms with Gasteiger partial charge >= 0.3 is 5.97 Å². The van der Waals surface area contributed by atoms with Crippen LogP contribution < -0.4 is 5.32 Å². The van der Waals surface area contributed by atoms with Gasteiger partial charge in [-0.05, 0) is 26.0 Å². The van der Waals surface area contributed by atoms with Crippen LogP contribution in [0.25, 0.3) is 0 Å². The minimum Gasteiger partial charge on any atom is -0.462 e. The first-order valence-corrected chi connectivity index (χ1v) is 5.03. The number of aromatic nitrogens is 1. The fourth-order valence-electron chi connectivity index (χ4n) is 1.14. The highest BCUT2D eigenvalue weighted by Gasteiger charge is 2.13. The SMILES string of the molecule is C#CC(C)Nc1ncccc1C(=O)OCC. The third-order valence-corrected chi connectivity index (χ3v) is 1.91. The summed E-state index contributed by atoms with van der Waals surface area (Å²) in [5.74, 6) is 2.56. The number of carbonyl (C=O) groups is 1. The van der Waals surface area contributed by atoms with Crippen LogP contribution in [-0.2, 0) is 4.74 Å². The number of nitrogens with one attached hydrogen (secondary N) is 1. The smallest absolute Gasteiger partial charge is 0.341 e. The van der Waals surface area contributed by atoms with Gasteiger partial charge in [0, 0.05) is 6.20 Å². The standard InChI is InChI=1S/C12H14N2O2/c1-4-9(3)14-11-10(7-6-8-13-11)12(15)16-5-2/h1,6-9H,5H2,2-3H3,(H,13,14). The van der Waals surface area contributed by atoms with Crippen molar-refractivity contribution < 1.29 is 9.53 Å². The van der Waals surface area contributed by atoms with E-state index in [0.29, 0.717) is 18.0 Å². The van der Waals surface area contributed by atoms with Crippen LogP contribution in [0.5, 0.6) is 0 Å². The third-order valence-electron chi connectivity index (χ3n) is 1.91. The van der Waals surface area contributed by atoms with Crippen molar-refractivity contribution in [3.8, 4) is 12.3 Å². The highest BCUT2D eigenvalue weighted by Crippen LogP contribution is 2.13. The monoisotopic (exact) mass is 218 g/mol. The Hall–Kier alpha value is -2.02. The molecule has 0 aliphatic heterocycles. The van der Waals surface area contributed by atoms with E-state index in [4.69, 9.17) is 11.2 Å². The Morgan fingerprint density at radius 2 is 2.50 bits per heavy atom. The number of hydrogen-bond acceptors (Lipinski definition) is 4. The Labute approximate surface area is 95.0 Å². The van der Waals surface area contributed by atoms with Crippen LogP contribution in [0.1, 0.15) is 24.2 Å². The summed E-state index contributed by atoms with van der Waals surface area (Å²) in [4.78, 5) is 15.6. The van der Waals surface area contributed by atoms with Gasteiger partial charge in [-0.25, -0.2) is 9.78 Å². The average molecular weight is 218 g/mol. The van der Waals surface area contributed by atoms with E-state index in [0.717, 1.165) is 0 Å². The Morgan fingerprint density at radius 3 is 3.12 bits per heavy atom. The van der Waals surface area contributed by atoms with Gasteiger partial charge in [0.15, 0.2) is 0 Å². The fourth-order valence-corrected chi connectivity index (χ4v) is 1.14. The highest BCUT2D eigenvalue weighted by atomic mass is 16.5. The van der Waals surface area contributed by atoms with Crippen molar-refractivity contribution in [2.75, 3.05) is 11.9 Å². The van der Waals surface area contributed by atoms with Crippen molar-refractivity contribution in [1.29, 1.82) is 0 Å². The lowest BCUT2D eigenvalue weighted by atomic mass is 10.2. The zero-order chi connectivity index (χ0) is 12.0. The summed E-state index contributed by atoms with van der Waals surface area (Å²) in [6, 6.07) is 3.14. The molecular formula is C12H14N2O2. The Morgan fingerprint density at radius 1 is 1.75 bits per heavy atom. The quantitative estimate of drug-likeness (QED) is 0.617. The molecule has 1 aromatic rings. The van der Waals surface area contributed by atoms with Crippen LogP contribution in [0.4, 0.5) is 5.82 Å². The second kappa shape index (κ2) is 5.76. The lowest BCUT2D eigenvalue weighted by Gasteiger charge is -2.11. The number of anilines is 1. The van der Waals surface area contributed by atoms with Gasteiger partial charge in [-0.15, -0.1) is 6.42 Å². The molecule has 1 aromatic heterocycles. The maximum atomic E-state index is 11.6. The summed E-state index contributed by atoms with van der Waals surface area (Å²) in [5, 5.41) is 2.95. The number of rotatable bonds is 4. The molecule has 4 nitrogen and oxygen atoms in total. The highest BCUT2D eigenvalue weighted by molar-refractivity contribution is 5.94. The minimum absolute atomic E-state index is 0.192. The topological polar surface area (TPSA) is 51.2 Å². The van der Waals surface area contributed by atoms with Gasteiger partial charge in [-0.3, -0.25) is 0 Å². The molecule has 0 fully saturated rings. The number of hydrogen-bond donors (Lipinski definition) is 1. The normalized spacial score (nSPS) is 11.3. The van der Waals surface area contributed by atoms with Gasteiger partial charge in [0.2, 0.25) is 0 Å². The lowest BCUT2D eigenvalue weighted by Crippen LogP contribution is -2.17. The van der Waals surface area contributed by atoms with E-state index < -0.39 is 5.97 Å². The van der Waals surface area contributed by atoms with Crippen molar-refractivity contribution >= 4 is 11.8 Å².